The molecule has 0 saturated heterocycles. The summed E-state index contributed by atoms with van der Waals surface area (Å²) in [6, 6.07) is 2.64. The lowest BCUT2D eigenvalue weighted by atomic mass is 9.80. The third-order valence-corrected chi connectivity index (χ3v) is 4.52. The van der Waals surface area contributed by atoms with Gasteiger partial charge in [-0.05, 0) is 42.7 Å². The largest absolute Gasteiger partial charge is 0.306 e. The Hall–Kier alpha value is -1.45. The fourth-order valence-corrected chi connectivity index (χ4v) is 3.86. The third-order valence-electron chi connectivity index (χ3n) is 4.52. The molecular weight excluding hydrogens is 260 g/mol. The number of hydrogen-bond acceptors (Lipinski definition) is 1. The van der Waals surface area contributed by atoms with Crippen molar-refractivity contribution in [2.45, 2.75) is 45.6 Å². The lowest BCUT2D eigenvalue weighted by molar-refractivity contribution is -0.118. The molecule has 108 valence electrons. The lowest BCUT2D eigenvalue weighted by Gasteiger charge is -2.37. The van der Waals surface area contributed by atoms with Crippen LogP contribution in [0.2, 0.25) is 0 Å². The number of nitrogens with zero attached hydrogens (tertiary/aromatic N) is 1. The Bertz CT molecular complexity index is 548. The van der Waals surface area contributed by atoms with Crippen LogP contribution in [0.25, 0.3) is 0 Å². The first-order valence-corrected chi connectivity index (χ1v) is 7.26. The van der Waals surface area contributed by atoms with E-state index in [4.69, 9.17) is 0 Å². The molecule has 2 atom stereocenters. The predicted molar refractivity (Wildman–Crippen MR) is 73.5 cm³/mol. The van der Waals surface area contributed by atoms with E-state index < -0.39 is 11.6 Å². The van der Waals surface area contributed by atoms with E-state index >= 15 is 0 Å². The van der Waals surface area contributed by atoms with Crippen LogP contribution in [0.3, 0.4) is 0 Å². The molecule has 1 aliphatic carbocycles. The van der Waals surface area contributed by atoms with Crippen molar-refractivity contribution in [2.24, 2.45) is 11.8 Å². The smallest absolute Gasteiger partial charge is 0.231 e. The Labute approximate surface area is 117 Å². The zero-order chi connectivity index (χ0) is 14.4. The number of hydrogen-bond donors (Lipinski definition) is 0. The summed E-state index contributed by atoms with van der Waals surface area (Å²) in [5, 5.41) is 0. The van der Waals surface area contributed by atoms with Crippen molar-refractivity contribution >= 4 is 11.6 Å². The van der Waals surface area contributed by atoms with Gasteiger partial charge in [-0.2, -0.15) is 0 Å². The molecule has 1 aromatic rings. The monoisotopic (exact) mass is 279 g/mol. The van der Waals surface area contributed by atoms with Crippen LogP contribution in [-0.2, 0) is 11.2 Å². The SMILES string of the molecule is CC1CC(C)CC(N2C(=O)Cc3ccc(F)c(F)c32)C1. The molecule has 2 aliphatic rings. The third kappa shape index (κ3) is 2.11. The lowest BCUT2D eigenvalue weighted by Crippen LogP contribution is -2.42. The summed E-state index contributed by atoms with van der Waals surface area (Å²) in [4.78, 5) is 13.8. The second kappa shape index (κ2) is 4.83. The van der Waals surface area contributed by atoms with Gasteiger partial charge in [0.2, 0.25) is 5.91 Å². The van der Waals surface area contributed by atoms with Crippen LogP contribution in [0.15, 0.2) is 12.1 Å². The van der Waals surface area contributed by atoms with Gasteiger partial charge in [-0.1, -0.05) is 19.9 Å². The summed E-state index contributed by atoms with van der Waals surface area (Å²) < 4.78 is 27.6. The molecule has 0 bridgehead atoms. The van der Waals surface area contributed by atoms with Crippen molar-refractivity contribution in [3.8, 4) is 0 Å². The van der Waals surface area contributed by atoms with Crippen LogP contribution in [0.5, 0.6) is 0 Å². The fraction of sp³-hybridized carbons (Fsp3) is 0.562. The van der Waals surface area contributed by atoms with Crippen LogP contribution in [0.1, 0.15) is 38.7 Å². The summed E-state index contributed by atoms with van der Waals surface area (Å²) in [6.07, 6.45) is 3.06. The maximum absolute atomic E-state index is 14.1. The van der Waals surface area contributed by atoms with E-state index in [0.29, 0.717) is 17.4 Å². The van der Waals surface area contributed by atoms with Gasteiger partial charge in [-0.25, -0.2) is 8.78 Å². The first-order valence-electron chi connectivity index (χ1n) is 7.26. The number of carbonyl (C=O) groups is 1. The van der Waals surface area contributed by atoms with E-state index in [0.717, 1.165) is 25.3 Å². The maximum atomic E-state index is 14.1. The van der Waals surface area contributed by atoms with Gasteiger partial charge in [0, 0.05) is 6.04 Å². The van der Waals surface area contributed by atoms with Crippen LogP contribution in [0.4, 0.5) is 14.5 Å². The Kier molecular flexibility index (Phi) is 3.27. The van der Waals surface area contributed by atoms with Gasteiger partial charge in [0.15, 0.2) is 11.6 Å². The van der Waals surface area contributed by atoms with Crippen molar-refractivity contribution < 1.29 is 13.6 Å². The van der Waals surface area contributed by atoms with Crippen molar-refractivity contribution in [3.63, 3.8) is 0 Å². The molecule has 1 saturated carbocycles. The number of benzene rings is 1. The van der Waals surface area contributed by atoms with E-state index in [9.17, 15) is 13.6 Å². The topological polar surface area (TPSA) is 20.3 Å². The number of carbonyl (C=O) groups excluding carboxylic acids is 1. The Morgan fingerprint density at radius 3 is 2.40 bits per heavy atom. The summed E-state index contributed by atoms with van der Waals surface area (Å²) >= 11 is 0. The van der Waals surface area contributed by atoms with Crippen LogP contribution >= 0.6 is 0 Å². The van der Waals surface area contributed by atoms with Gasteiger partial charge in [-0.15, -0.1) is 0 Å². The zero-order valence-corrected chi connectivity index (χ0v) is 11.8. The maximum Gasteiger partial charge on any atom is 0.231 e. The molecule has 1 heterocycles. The highest BCUT2D eigenvalue weighted by molar-refractivity contribution is 6.02. The first kappa shape index (κ1) is 13.5. The van der Waals surface area contributed by atoms with Gasteiger partial charge in [0.05, 0.1) is 12.1 Å². The van der Waals surface area contributed by atoms with Crippen LogP contribution in [0, 0.1) is 23.5 Å². The number of amides is 1. The van der Waals surface area contributed by atoms with Crippen LogP contribution in [-0.4, -0.2) is 11.9 Å². The van der Waals surface area contributed by atoms with E-state index in [-0.39, 0.29) is 24.1 Å². The number of rotatable bonds is 1. The minimum atomic E-state index is -0.876. The average Bonchev–Trinajstić information content (AvgIpc) is 2.70. The fourth-order valence-electron chi connectivity index (χ4n) is 3.86. The van der Waals surface area contributed by atoms with Crippen molar-refractivity contribution in [3.05, 3.63) is 29.3 Å². The summed E-state index contributed by atoms with van der Waals surface area (Å²) in [5.74, 6) is -0.829. The molecule has 1 fully saturated rings. The highest BCUT2D eigenvalue weighted by Gasteiger charge is 2.39. The second-order valence-electron chi connectivity index (χ2n) is 6.38. The molecule has 1 aromatic carbocycles. The van der Waals surface area contributed by atoms with Crippen LogP contribution < -0.4 is 4.90 Å². The molecule has 4 heteroatoms. The van der Waals surface area contributed by atoms with Crippen molar-refractivity contribution in [1.82, 2.24) is 0 Å². The second-order valence-corrected chi connectivity index (χ2v) is 6.38. The standard InChI is InChI=1S/C16H19F2NO/c1-9-5-10(2)7-12(6-9)19-14(20)8-11-3-4-13(17)15(18)16(11)19/h3-4,9-10,12H,5-8H2,1-2H3. The molecule has 0 spiro atoms. The zero-order valence-electron chi connectivity index (χ0n) is 11.8. The van der Waals surface area contributed by atoms with Gasteiger partial charge in [0.25, 0.3) is 0 Å². The Morgan fingerprint density at radius 1 is 1.10 bits per heavy atom. The van der Waals surface area contributed by atoms with Gasteiger partial charge >= 0.3 is 0 Å². The minimum Gasteiger partial charge on any atom is -0.306 e. The molecular formula is C16H19F2NO. The molecule has 20 heavy (non-hydrogen) atoms. The summed E-state index contributed by atoms with van der Waals surface area (Å²) in [5.41, 5.74) is 0.793. The summed E-state index contributed by atoms with van der Waals surface area (Å²) in [7, 11) is 0. The van der Waals surface area contributed by atoms with Crippen molar-refractivity contribution in [1.29, 1.82) is 0 Å². The highest BCUT2D eigenvalue weighted by Crippen LogP contribution is 2.40. The van der Waals surface area contributed by atoms with E-state index in [1.165, 1.54) is 11.0 Å². The molecule has 2 nitrogen and oxygen atoms in total. The van der Waals surface area contributed by atoms with E-state index in [1.54, 1.807) is 0 Å². The van der Waals surface area contributed by atoms with Gasteiger partial charge < -0.3 is 4.90 Å². The first-order chi connectivity index (χ1) is 9.47. The number of anilines is 1. The molecule has 1 aliphatic heterocycles. The quantitative estimate of drug-likeness (QED) is 0.768. The number of halogens is 2. The number of fused-ring (bicyclic) bond motifs is 1. The van der Waals surface area contributed by atoms with Crippen molar-refractivity contribution in [2.75, 3.05) is 4.90 Å². The average molecular weight is 279 g/mol. The minimum absolute atomic E-state index is 0.00111. The molecule has 3 rings (SSSR count). The molecule has 0 N–H and O–H groups in total. The molecule has 1 amide bonds. The van der Waals surface area contributed by atoms with E-state index in [1.807, 2.05) is 0 Å². The predicted octanol–water partition coefficient (Wildman–Crippen LogP) is 3.68. The molecule has 2 unspecified atom stereocenters. The molecule has 0 aromatic heterocycles. The Morgan fingerprint density at radius 2 is 1.75 bits per heavy atom. The van der Waals surface area contributed by atoms with Gasteiger partial charge in [0.1, 0.15) is 0 Å². The summed E-state index contributed by atoms with van der Waals surface area (Å²) in [6.45, 7) is 4.32. The Balaban J connectivity index is 1.99. The highest BCUT2D eigenvalue weighted by atomic mass is 19.2. The molecule has 0 radical (unpaired) electrons. The van der Waals surface area contributed by atoms with E-state index in [2.05, 4.69) is 13.8 Å². The van der Waals surface area contributed by atoms with Gasteiger partial charge in [-0.3, -0.25) is 4.79 Å². The normalized spacial score (nSPS) is 29.7.